The number of nitrogens with zero attached hydrogens (tertiary/aromatic N) is 1. The lowest BCUT2D eigenvalue weighted by Crippen LogP contribution is -2.36. The van der Waals surface area contributed by atoms with Crippen molar-refractivity contribution in [2.45, 2.75) is 37.4 Å². The highest BCUT2D eigenvalue weighted by Gasteiger charge is 2.44. The quantitative estimate of drug-likeness (QED) is 0.424. The fourth-order valence-corrected chi connectivity index (χ4v) is 2.37. The number of aromatic amines is 1. The van der Waals surface area contributed by atoms with Crippen LogP contribution in [0.3, 0.4) is 0 Å². The molecular formula is C13H18N2O8. The van der Waals surface area contributed by atoms with Gasteiger partial charge in [-0.2, -0.15) is 0 Å². The average molecular weight is 330 g/mol. The molecule has 1 fully saturated rings. The summed E-state index contributed by atoms with van der Waals surface area (Å²) in [5, 5.41) is 28.8. The van der Waals surface area contributed by atoms with E-state index < -0.39 is 48.2 Å². The van der Waals surface area contributed by atoms with Gasteiger partial charge in [0.05, 0.1) is 25.7 Å². The molecule has 0 aromatic carbocycles. The van der Waals surface area contributed by atoms with Gasteiger partial charge in [-0.15, -0.1) is 0 Å². The Morgan fingerprint density at radius 3 is 2.65 bits per heavy atom. The highest BCUT2D eigenvalue weighted by Crippen LogP contribution is 2.31. The maximum atomic E-state index is 11.9. The van der Waals surface area contributed by atoms with Crippen molar-refractivity contribution in [2.75, 3.05) is 13.7 Å². The summed E-state index contributed by atoms with van der Waals surface area (Å²) in [6.45, 7) is -0.571. The summed E-state index contributed by atoms with van der Waals surface area (Å²) >= 11 is 0. The molecule has 0 bridgehead atoms. The number of esters is 1. The smallest absolute Gasteiger partial charge is 0.328 e. The van der Waals surface area contributed by atoms with Crippen LogP contribution in [0.4, 0.5) is 0 Å². The summed E-state index contributed by atoms with van der Waals surface area (Å²) in [4.78, 5) is 36.9. The molecular weight excluding hydrogens is 312 g/mol. The number of rotatable bonds is 5. The standard InChI is InChI=1S/C13H18N2O8/c1-22-8(17)2-3-15-4-6(12(20)14-13(15)21)11-10(19)9(18)7(5-16)23-11/h4,7,9-11,16,18-19H,2-3,5H2,1H3,(H,14,20,21). The second kappa shape index (κ2) is 7.04. The van der Waals surface area contributed by atoms with Crippen LogP contribution in [-0.2, 0) is 20.8 Å². The van der Waals surface area contributed by atoms with E-state index in [0.29, 0.717) is 0 Å². The Balaban J connectivity index is 2.31. The van der Waals surface area contributed by atoms with E-state index in [1.165, 1.54) is 7.11 Å². The predicted molar refractivity (Wildman–Crippen MR) is 74.7 cm³/mol. The number of hydrogen-bond acceptors (Lipinski definition) is 8. The monoisotopic (exact) mass is 330 g/mol. The molecule has 1 saturated heterocycles. The molecule has 4 atom stereocenters. The molecule has 0 amide bonds. The molecule has 23 heavy (non-hydrogen) atoms. The minimum absolute atomic E-state index is 0.0376. The van der Waals surface area contributed by atoms with Crippen molar-refractivity contribution < 1.29 is 29.6 Å². The Morgan fingerprint density at radius 1 is 1.39 bits per heavy atom. The van der Waals surface area contributed by atoms with Crippen molar-refractivity contribution in [1.82, 2.24) is 9.55 Å². The molecule has 1 aromatic rings. The number of aromatic nitrogens is 2. The second-order valence-corrected chi connectivity index (χ2v) is 5.12. The van der Waals surface area contributed by atoms with Gasteiger partial charge in [-0.1, -0.05) is 0 Å². The maximum Gasteiger partial charge on any atom is 0.328 e. The third-order valence-corrected chi connectivity index (χ3v) is 3.67. The molecule has 128 valence electrons. The lowest BCUT2D eigenvalue weighted by molar-refractivity contribution is -0.140. The Bertz CT molecular complexity index is 681. The number of hydrogen-bond donors (Lipinski definition) is 4. The molecule has 2 heterocycles. The van der Waals surface area contributed by atoms with Crippen molar-refractivity contribution in [2.24, 2.45) is 0 Å². The highest BCUT2D eigenvalue weighted by atomic mass is 16.6. The van der Waals surface area contributed by atoms with Gasteiger partial charge in [0.1, 0.15) is 24.4 Å². The topological polar surface area (TPSA) is 151 Å². The lowest BCUT2D eigenvalue weighted by atomic mass is 10.0. The molecule has 1 aromatic heterocycles. The molecule has 0 radical (unpaired) electrons. The average Bonchev–Trinajstić information content (AvgIpc) is 2.81. The van der Waals surface area contributed by atoms with E-state index in [2.05, 4.69) is 9.72 Å². The molecule has 4 N–H and O–H groups in total. The summed E-state index contributed by atoms with van der Waals surface area (Å²) < 4.78 is 10.8. The Hall–Kier alpha value is -2.01. The van der Waals surface area contributed by atoms with Crippen LogP contribution in [0.5, 0.6) is 0 Å². The number of aryl methyl sites for hydroxylation is 1. The molecule has 2 rings (SSSR count). The van der Waals surface area contributed by atoms with Crippen LogP contribution < -0.4 is 11.2 Å². The van der Waals surface area contributed by atoms with Gasteiger partial charge in [-0.3, -0.25) is 19.1 Å². The second-order valence-electron chi connectivity index (χ2n) is 5.12. The Kier molecular flexibility index (Phi) is 5.31. The van der Waals surface area contributed by atoms with Crippen LogP contribution in [0, 0.1) is 0 Å². The molecule has 0 saturated carbocycles. The van der Waals surface area contributed by atoms with Crippen molar-refractivity contribution in [1.29, 1.82) is 0 Å². The summed E-state index contributed by atoms with van der Waals surface area (Å²) in [7, 11) is 1.21. The number of aliphatic hydroxyl groups is 3. The van der Waals surface area contributed by atoms with Gasteiger partial charge < -0.3 is 24.8 Å². The number of aliphatic hydroxyl groups excluding tert-OH is 3. The van der Waals surface area contributed by atoms with E-state index in [9.17, 15) is 24.6 Å². The Labute approximate surface area is 129 Å². The minimum atomic E-state index is -1.43. The van der Waals surface area contributed by atoms with Crippen LogP contribution in [-0.4, -0.2) is 62.9 Å². The summed E-state index contributed by atoms with van der Waals surface area (Å²) in [5.41, 5.74) is -1.59. The summed E-state index contributed by atoms with van der Waals surface area (Å²) in [5.74, 6) is -0.530. The Morgan fingerprint density at radius 2 is 2.09 bits per heavy atom. The van der Waals surface area contributed by atoms with Crippen molar-refractivity contribution in [3.63, 3.8) is 0 Å². The van der Waals surface area contributed by atoms with Crippen molar-refractivity contribution >= 4 is 5.97 Å². The number of H-pyrrole nitrogens is 1. The van der Waals surface area contributed by atoms with Gasteiger partial charge in [0.25, 0.3) is 5.56 Å². The first-order chi connectivity index (χ1) is 10.9. The van der Waals surface area contributed by atoms with Crippen LogP contribution in [0.25, 0.3) is 0 Å². The number of nitrogens with one attached hydrogen (secondary N) is 1. The minimum Gasteiger partial charge on any atom is -0.469 e. The zero-order chi connectivity index (χ0) is 17.1. The van der Waals surface area contributed by atoms with E-state index in [4.69, 9.17) is 9.84 Å². The van der Waals surface area contributed by atoms with Gasteiger partial charge in [-0.05, 0) is 0 Å². The van der Waals surface area contributed by atoms with Crippen LogP contribution in [0.15, 0.2) is 15.8 Å². The fraction of sp³-hybridized carbons (Fsp3) is 0.615. The van der Waals surface area contributed by atoms with E-state index >= 15 is 0 Å². The largest absolute Gasteiger partial charge is 0.469 e. The van der Waals surface area contributed by atoms with E-state index in [-0.39, 0.29) is 18.5 Å². The van der Waals surface area contributed by atoms with Crippen molar-refractivity contribution in [3.05, 3.63) is 32.6 Å². The first kappa shape index (κ1) is 17.3. The SMILES string of the molecule is COC(=O)CCn1cc(C2OC(CO)C(O)C2O)c(=O)[nH]c1=O. The van der Waals surface area contributed by atoms with Gasteiger partial charge in [-0.25, -0.2) is 4.79 Å². The van der Waals surface area contributed by atoms with E-state index in [1.807, 2.05) is 0 Å². The van der Waals surface area contributed by atoms with Crippen LogP contribution in [0.2, 0.25) is 0 Å². The van der Waals surface area contributed by atoms with Gasteiger partial charge in [0.15, 0.2) is 0 Å². The molecule has 1 aliphatic rings. The number of carbonyl (C=O) groups excluding carboxylic acids is 1. The highest BCUT2D eigenvalue weighted by molar-refractivity contribution is 5.68. The van der Waals surface area contributed by atoms with E-state index in [0.717, 1.165) is 10.8 Å². The van der Waals surface area contributed by atoms with Gasteiger partial charge in [0, 0.05) is 12.7 Å². The zero-order valence-corrected chi connectivity index (χ0v) is 12.3. The van der Waals surface area contributed by atoms with Crippen LogP contribution >= 0.6 is 0 Å². The number of ether oxygens (including phenoxy) is 2. The molecule has 1 aliphatic heterocycles. The normalized spacial score (nSPS) is 27.1. The third kappa shape index (κ3) is 3.50. The van der Waals surface area contributed by atoms with Gasteiger partial charge >= 0.3 is 11.7 Å². The molecule has 4 unspecified atom stereocenters. The predicted octanol–water partition coefficient (Wildman–Crippen LogP) is -2.75. The summed E-state index contributed by atoms with van der Waals surface area (Å²) in [6.07, 6.45) is -3.96. The van der Waals surface area contributed by atoms with Crippen LogP contribution in [0.1, 0.15) is 18.1 Å². The van der Waals surface area contributed by atoms with Gasteiger partial charge in [0.2, 0.25) is 0 Å². The molecule has 0 spiro atoms. The first-order valence-electron chi connectivity index (χ1n) is 6.92. The van der Waals surface area contributed by atoms with Crippen molar-refractivity contribution in [3.8, 4) is 0 Å². The fourth-order valence-electron chi connectivity index (χ4n) is 2.37. The lowest BCUT2D eigenvalue weighted by Gasteiger charge is -2.15. The van der Waals surface area contributed by atoms with E-state index in [1.54, 1.807) is 0 Å². The maximum absolute atomic E-state index is 11.9. The number of methoxy groups -OCH3 is 1. The third-order valence-electron chi connectivity index (χ3n) is 3.67. The summed E-state index contributed by atoms with van der Waals surface area (Å²) in [6, 6.07) is 0. The molecule has 0 aliphatic carbocycles. The number of carbonyl (C=O) groups is 1. The zero-order valence-electron chi connectivity index (χ0n) is 12.3. The molecule has 10 heteroatoms. The first-order valence-corrected chi connectivity index (χ1v) is 6.92. The molecule has 10 nitrogen and oxygen atoms in total.